The second kappa shape index (κ2) is 5.36. The van der Waals surface area contributed by atoms with Gasteiger partial charge in [0.1, 0.15) is 12.4 Å². The molecule has 0 fully saturated rings. The number of hydrogen-bond acceptors (Lipinski definition) is 4. The van der Waals surface area contributed by atoms with Crippen molar-refractivity contribution in [1.82, 2.24) is 9.97 Å². The van der Waals surface area contributed by atoms with Crippen LogP contribution in [0.4, 0.5) is 0 Å². The molecular formula is C15H14N2OS. The lowest BCUT2D eigenvalue weighted by atomic mass is 10.2. The third kappa shape index (κ3) is 2.74. The normalized spacial score (nSPS) is 10.8. The Balaban J connectivity index is 1.74. The van der Waals surface area contributed by atoms with Crippen LogP contribution in [0.3, 0.4) is 0 Å². The quantitative estimate of drug-likeness (QED) is 0.722. The highest BCUT2D eigenvalue weighted by Crippen LogP contribution is 2.20. The van der Waals surface area contributed by atoms with E-state index in [2.05, 4.69) is 22.3 Å². The summed E-state index contributed by atoms with van der Waals surface area (Å²) in [7, 11) is 0. The summed E-state index contributed by atoms with van der Waals surface area (Å²) in [5.74, 6) is 0.853. The second-order valence-corrected chi connectivity index (χ2v) is 5.18. The maximum Gasteiger partial charge on any atom is 0.131 e. The first-order chi connectivity index (χ1) is 9.35. The summed E-state index contributed by atoms with van der Waals surface area (Å²) in [6.07, 6.45) is 2.77. The molecule has 3 nitrogen and oxygen atoms in total. The van der Waals surface area contributed by atoms with Crippen molar-refractivity contribution >= 4 is 22.2 Å². The summed E-state index contributed by atoms with van der Waals surface area (Å²) < 4.78 is 5.77. The third-order valence-corrected chi connectivity index (χ3v) is 3.90. The van der Waals surface area contributed by atoms with E-state index in [1.165, 1.54) is 0 Å². The van der Waals surface area contributed by atoms with Gasteiger partial charge in [0.15, 0.2) is 0 Å². The molecule has 2 heterocycles. The maximum absolute atomic E-state index is 5.77. The fourth-order valence-electron chi connectivity index (χ4n) is 1.88. The van der Waals surface area contributed by atoms with Crippen LogP contribution in [0.2, 0.25) is 0 Å². The predicted molar refractivity (Wildman–Crippen MR) is 77.6 cm³/mol. The predicted octanol–water partition coefficient (Wildman–Crippen LogP) is 3.83. The molecule has 2 aromatic heterocycles. The number of ether oxygens (including phenoxy) is 1. The summed E-state index contributed by atoms with van der Waals surface area (Å²) in [6, 6.07) is 9.90. The van der Waals surface area contributed by atoms with E-state index in [-0.39, 0.29) is 0 Å². The Bertz CT molecular complexity index is 693. The Morgan fingerprint density at radius 2 is 2.21 bits per heavy atom. The van der Waals surface area contributed by atoms with Gasteiger partial charge in [0.2, 0.25) is 0 Å². The third-order valence-electron chi connectivity index (χ3n) is 2.86. The molecule has 4 heteroatoms. The topological polar surface area (TPSA) is 35.0 Å². The van der Waals surface area contributed by atoms with Crippen LogP contribution >= 0.6 is 11.3 Å². The largest absolute Gasteiger partial charge is 0.487 e. The average Bonchev–Trinajstić information content (AvgIpc) is 2.93. The van der Waals surface area contributed by atoms with E-state index in [9.17, 15) is 0 Å². The van der Waals surface area contributed by atoms with E-state index in [0.717, 1.165) is 33.8 Å². The van der Waals surface area contributed by atoms with Gasteiger partial charge in [0.25, 0.3) is 0 Å². The van der Waals surface area contributed by atoms with Crippen LogP contribution in [0.1, 0.15) is 17.6 Å². The fourth-order valence-corrected chi connectivity index (χ4v) is 2.61. The minimum absolute atomic E-state index is 0.516. The van der Waals surface area contributed by atoms with Gasteiger partial charge in [-0.2, -0.15) is 0 Å². The van der Waals surface area contributed by atoms with E-state index >= 15 is 0 Å². The van der Waals surface area contributed by atoms with Gasteiger partial charge in [-0.25, -0.2) is 4.98 Å². The lowest BCUT2D eigenvalue weighted by Gasteiger charge is -2.05. The van der Waals surface area contributed by atoms with E-state index in [1.807, 2.05) is 30.3 Å². The monoisotopic (exact) mass is 270 g/mol. The zero-order valence-corrected chi connectivity index (χ0v) is 11.5. The zero-order chi connectivity index (χ0) is 13.1. The Kier molecular flexibility index (Phi) is 3.42. The summed E-state index contributed by atoms with van der Waals surface area (Å²) in [5.41, 5.74) is 1.98. The van der Waals surface area contributed by atoms with E-state index in [4.69, 9.17) is 4.74 Å². The number of aryl methyl sites for hydroxylation is 1. The molecule has 0 saturated heterocycles. The highest BCUT2D eigenvalue weighted by atomic mass is 32.1. The van der Waals surface area contributed by atoms with Crippen LogP contribution in [-0.2, 0) is 13.0 Å². The summed E-state index contributed by atoms with van der Waals surface area (Å²) in [6.45, 7) is 2.63. The molecule has 0 atom stereocenters. The van der Waals surface area contributed by atoms with Crippen molar-refractivity contribution in [1.29, 1.82) is 0 Å². The zero-order valence-electron chi connectivity index (χ0n) is 10.7. The van der Waals surface area contributed by atoms with Gasteiger partial charge in [0.05, 0.1) is 16.2 Å². The Labute approximate surface area is 115 Å². The molecule has 0 aliphatic heterocycles. The molecule has 1 aromatic carbocycles. The van der Waals surface area contributed by atoms with Gasteiger partial charge >= 0.3 is 0 Å². The smallest absolute Gasteiger partial charge is 0.131 e. The van der Waals surface area contributed by atoms with Crippen molar-refractivity contribution in [2.75, 3.05) is 0 Å². The molecule has 0 N–H and O–H groups in total. The molecule has 0 bridgehead atoms. The molecule has 0 aliphatic rings. The van der Waals surface area contributed by atoms with Gasteiger partial charge in [-0.1, -0.05) is 13.0 Å². The maximum atomic E-state index is 5.77. The summed E-state index contributed by atoms with van der Waals surface area (Å²) in [4.78, 5) is 8.78. The van der Waals surface area contributed by atoms with Gasteiger partial charge < -0.3 is 4.74 Å². The molecule has 3 aromatic rings. The van der Waals surface area contributed by atoms with Crippen molar-refractivity contribution in [3.8, 4) is 5.75 Å². The molecule has 96 valence electrons. The van der Waals surface area contributed by atoms with Gasteiger partial charge in [-0.3, -0.25) is 4.98 Å². The van der Waals surface area contributed by atoms with Crippen molar-refractivity contribution in [3.63, 3.8) is 0 Å². The Hall–Kier alpha value is -1.94. The molecule has 0 aliphatic carbocycles. The first kappa shape index (κ1) is 12.1. The first-order valence-corrected chi connectivity index (χ1v) is 7.14. The van der Waals surface area contributed by atoms with E-state index < -0.39 is 0 Å². The summed E-state index contributed by atoms with van der Waals surface area (Å²) in [5, 5.41) is 4.30. The molecule has 0 unspecified atom stereocenters. The van der Waals surface area contributed by atoms with Gasteiger partial charge in [-0.05, 0) is 30.7 Å². The number of nitrogens with zero attached hydrogens (tertiary/aromatic N) is 2. The molecule has 0 radical (unpaired) electrons. The molecule has 19 heavy (non-hydrogen) atoms. The minimum Gasteiger partial charge on any atom is -0.487 e. The number of thiazole rings is 1. The van der Waals surface area contributed by atoms with Crippen molar-refractivity contribution in [2.45, 2.75) is 20.0 Å². The van der Waals surface area contributed by atoms with E-state index in [0.29, 0.717) is 6.61 Å². The molecular weight excluding hydrogens is 256 g/mol. The van der Waals surface area contributed by atoms with Gasteiger partial charge in [0, 0.05) is 17.0 Å². The van der Waals surface area contributed by atoms with Crippen LogP contribution in [0, 0.1) is 0 Å². The van der Waals surface area contributed by atoms with Crippen LogP contribution in [0.5, 0.6) is 5.75 Å². The van der Waals surface area contributed by atoms with Crippen LogP contribution < -0.4 is 4.74 Å². The first-order valence-electron chi connectivity index (χ1n) is 6.26. The minimum atomic E-state index is 0.516. The molecule has 0 amide bonds. The van der Waals surface area contributed by atoms with Crippen LogP contribution in [0.25, 0.3) is 10.9 Å². The molecule has 3 rings (SSSR count). The Morgan fingerprint density at radius 3 is 3.05 bits per heavy atom. The highest BCUT2D eigenvalue weighted by molar-refractivity contribution is 7.09. The van der Waals surface area contributed by atoms with Crippen molar-refractivity contribution < 1.29 is 4.74 Å². The number of rotatable bonds is 4. The van der Waals surface area contributed by atoms with Crippen LogP contribution in [0.15, 0.2) is 41.9 Å². The summed E-state index contributed by atoms with van der Waals surface area (Å²) >= 11 is 1.69. The van der Waals surface area contributed by atoms with Gasteiger partial charge in [-0.15, -0.1) is 11.3 Å². The molecule has 0 spiro atoms. The molecule has 0 saturated carbocycles. The number of hydrogen-bond donors (Lipinski definition) is 0. The number of fused-ring (bicyclic) bond motifs is 1. The highest BCUT2D eigenvalue weighted by Gasteiger charge is 2.02. The van der Waals surface area contributed by atoms with Crippen molar-refractivity contribution in [2.24, 2.45) is 0 Å². The lowest BCUT2D eigenvalue weighted by molar-refractivity contribution is 0.302. The second-order valence-electron chi connectivity index (χ2n) is 4.23. The average molecular weight is 270 g/mol. The lowest BCUT2D eigenvalue weighted by Crippen LogP contribution is -1.96. The number of pyridine rings is 1. The fraction of sp³-hybridized carbons (Fsp3) is 0.200. The standard InChI is InChI=1S/C15H14N2OS/c1-2-15-17-12(10-19-15)9-18-13-5-6-14-11(8-13)4-3-7-16-14/h3-8,10H,2,9H2,1H3. The van der Waals surface area contributed by atoms with Crippen molar-refractivity contribution in [3.05, 3.63) is 52.6 Å². The Morgan fingerprint density at radius 1 is 1.26 bits per heavy atom. The number of benzene rings is 1. The van der Waals surface area contributed by atoms with E-state index in [1.54, 1.807) is 17.5 Å². The SMILES string of the molecule is CCc1nc(COc2ccc3ncccc3c2)cs1. The number of aromatic nitrogens is 2. The van der Waals surface area contributed by atoms with Crippen LogP contribution in [-0.4, -0.2) is 9.97 Å².